The van der Waals surface area contributed by atoms with E-state index in [1.165, 1.54) is 0 Å². The van der Waals surface area contributed by atoms with Gasteiger partial charge in [-0.05, 0) is 43.4 Å². The van der Waals surface area contributed by atoms with E-state index in [0.717, 1.165) is 31.2 Å². The maximum Gasteiger partial charge on any atom is 0.258 e. The zero-order valence-electron chi connectivity index (χ0n) is 13.0. The monoisotopic (exact) mass is 311 g/mol. The number of sulfonamides is 1. The summed E-state index contributed by atoms with van der Waals surface area (Å²) in [4.78, 5) is 4.08. The summed E-state index contributed by atoms with van der Waals surface area (Å²) in [6.45, 7) is 5.06. The van der Waals surface area contributed by atoms with Crippen molar-refractivity contribution in [2.24, 2.45) is 5.41 Å². The van der Waals surface area contributed by atoms with Crippen molar-refractivity contribution in [1.29, 1.82) is 0 Å². The van der Waals surface area contributed by atoms with E-state index in [-0.39, 0.29) is 16.5 Å². The van der Waals surface area contributed by atoms with Gasteiger partial charge in [-0.1, -0.05) is 26.3 Å². The van der Waals surface area contributed by atoms with Crippen LogP contribution in [-0.2, 0) is 16.6 Å². The van der Waals surface area contributed by atoms with Crippen molar-refractivity contribution in [2.75, 3.05) is 7.05 Å². The van der Waals surface area contributed by atoms with Gasteiger partial charge in [0.1, 0.15) is 0 Å². The van der Waals surface area contributed by atoms with Crippen LogP contribution in [0.15, 0.2) is 23.4 Å². The van der Waals surface area contributed by atoms with Gasteiger partial charge < -0.3 is 5.32 Å². The summed E-state index contributed by atoms with van der Waals surface area (Å²) >= 11 is 0. The summed E-state index contributed by atoms with van der Waals surface area (Å²) < 4.78 is 27.6. The van der Waals surface area contributed by atoms with Gasteiger partial charge in [0.25, 0.3) is 10.0 Å². The van der Waals surface area contributed by atoms with Crippen molar-refractivity contribution in [2.45, 2.75) is 57.1 Å². The van der Waals surface area contributed by atoms with Gasteiger partial charge in [-0.2, -0.15) is 0 Å². The first-order valence-electron chi connectivity index (χ1n) is 7.44. The van der Waals surface area contributed by atoms with Crippen LogP contribution < -0.4 is 10.0 Å². The summed E-state index contributed by atoms with van der Waals surface area (Å²) in [5.74, 6) is 0. The minimum atomic E-state index is -3.52. The Morgan fingerprint density at radius 3 is 2.71 bits per heavy atom. The summed E-state index contributed by atoms with van der Waals surface area (Å²) in [5.41, 5.74) is 1.17. The minimum absolute atomic E-state index is 0.0116. The van der Waals surface area contributed by atoms with Crippen molar-refractivity contribution in [3.8, 4) is 0 Å². The Kier molecular flexibility index (Phi) is 5.01. The highest BCUT2D eigenvalue weighted by atomic mass is 32.2. The molecule has 1 aliphatic rings. The van der Waals surface area contributed by atoms with Crippen molar-refractivity contribution >= 4 is 10.0 Å². The first-order valence-corrected chi connectivity index (χ1v) is 8.93. The summed E-state index contributed by atoms with van der Waals surface area (Å²) in [7, 11) is -1.68. The molecule has 1 fully saturated rings. The standard InChI is InChI=1S/C15H25N3O2S/c1-15(2)8-4-5-13(9-15)18-21(19,20)14-7-6-12(10-16-3)11-17-14/h6-7,11,13,16,18H,4-5,8-10H2,1-3H3. The first kappa shape index (κ1) is 16.4. The summed E-state index contributed by atoms with van der Waals surface area (Å²) in [5, 5.41) is 3.11. The van der Waals surface area contributed by atoms with E-state index in [1.54, 1.807) is 18.3 Å². The number of hydrogen-bond acceptors (Lipinski definition) is 4. The topological polar surface area (TPSA) is 71.1 Å². The van der Waals surface area contributed by atoms with Crippen molar-refractivity contribution in [3.05, 3.63) is 23.9 Å². The van der Waals surface area contributed by atoms with E-state index >= 15 is 0 Å². The molecule has 5 nitrogen and oxygen atoms in total. The number of rotatable bonds is 5. The SMILES string of the molecule is CNCc1ccc(S(=O)(=O)NC2CCCC(C)(C)C2)nc1. The Balaban J connectivity index is 2.07. The van der Waals surface area contributed by atoms with Gasteiger partial charge in [0.2, 0.25) is 0 Å². The van der Waals surface area contributed by atoms with Gasteiger partial charge in [-0.3, -0.25) is 0 Å². The number of hydrogen-bond donors (Lipinski definition) is 2. The average molecular weight is 311 g/mol. The van der Waals surface area contributed by atoms with Gasteiger partial charge in [0.05, 0.1) is 0 Å². The van der Waals surface area contributed by atoms with Gasteiger partial charge in [-0.25, -0.2) is 18.1 Å². The lowest BCUT2D eigenvalue weighted by Crippen LogP contribution is -2.40. The van der Waals surface area contributed by atoms with Crippen molar-refractivity contribution in [1.82, 2.24) is 15.0 Å². The Labute approximate surface area is 127 Å². The maximum absolute atomic E-state index is 12.4. The van der Waals surface area contributed by atoms with Gasteiger partial charge in [-0.15, -0.1) is 0 Å². The van der Waals surface area contributed by atoms with Gasteiger partial charge in [0.15, 0.2) is 5.03 Å². The maximum atomic E-state index is 12.4. The molecule has 0 saturated heterocycles. The number of pyridine rings is 1. The molecule has 1 saturated carbocycles. The molecule has 1 aromatic rings. The molecule has 0 radical (unpaired) electrons. The molecule has 118 valence electrons. The summed E-state index contributed by atoms with van der Waals surface area (Å²) in [6, 6.07) is 3.38. The number of nitrogens with one attached hydrogen (secondary N) is 2. The highest BCUT2D eigenvalue weighted by molar-refractivity contribution is 7.89. The van der Waals surface area contributed by atoms with E-state index in [9.17, 15) is 8.42 Å². The van der Waals surface area contributed by atoms with E-state index in [1.807, 2.05) is 7.05 Å². The molecule has 1 aromatic heterocycles. The van der Waals surface area contributed by atoms with Crippen molar-refractivity contribution < 1.29 is 8.42 Å². The minimum Gasteiger partial charge on any atom is -0.316 e. The van der Waals surface area contributed by atoms with Gasteiger partial charge >= 0.3 is 0 Å². The third-order valence-corrected chi connectivity index (χ3v) is 5.42. The third kappa shape index (κ3) is 4.49. The molecule has 0 spiro atoms. The highest BCUT2D eigenvalue weighted by Gasteiger charge is 2.31. The third-order valence-electron chi connectivity index (χ3n) is 3.98. The first-order chi connectivity index (χ1) is 9.82. The highest BCUT2D eigenvalue weighted by Crippen LogP contribution is 2.35. The molecule has 2 rings (SSSR count). The molecule has 0 amide bonds. The molecule has 2 N–H and O–H groups in total. The fourth-order valence-electron chi connectivity index (χ4n) is 2.96. The lowest BCUT2D eigenvalue weighted by atomic mass is 9.75. The summed E-state index contributed by atoms with van der Waals surface area (Å²) in [6.07, 6.45) is 5.61. The molecule has 1 heterocycles. The zero-order chi connectivity index (χ0) is 15.5. The molecule has 1 aliphatic carbocycles. The smallest absolute Gasteiger partial charge is 0.258 e. The Morgan fingerprint density at radius 1 is 1.38 bits per heavy atom. The number of aromatic nitrogens is 1. The van der Waals surface area contributed by atoms with Gasteiger partial charge in [0, 0.05) is 18.8 Å². The average Bonchev–Trinajstić information content (AvgIpc) is 2.38. The predicted octanol–water partition coefficient (Wildman–Crippen LogP) is 2.05. The van der Waals surface area contributed by atoms with Crippen LogP contribution in [0.5, 0.6) is 0 Å². The second-order valence-corrected chi connectivity index (χ2v) is 8.27. The molecule has 0 bridgehead atoms. The Morgan fingerprint density at radius 2 is 2.14 bits per heavy atom. The molecule has 21 heavy (non-hydrogen) atoms. The van der Waals surface area contributed by atoms with Crippen LogP contribution in [0, 0.1) is 5.41 Å². The lowest BCUT2D eigenvalue weighted by molar-refractivity contribution is 0.212. The van der Waals surface area contributed by atoms with E-state index in [2.05, 4.69) is 28.9 Å². The van der Waals surface area contributed by atoms with E-state index in [4.69, 9.17) is 0 Å². The second kappa shape index (κ2) is 6.42. The molecule has 0 aliphatic heterocycles. The predicted molar refractivity (Wildman–Crippen MR) is 83.4 cm³/mol. The fourth-order valence-corrected chi connectivity index (χ4v) is 4.16. The molecule has 1 unspecified atom stereocenters. The van der Waals surface area contributed by atoms with Crippen LogP contribution in [0.1, 0.15) is 45.1 Å². The van der Waals surface area contributed by atoms with E-state index in [0.29, 0.717) is 6.54 Å². The Bertz CT molecular complexity index is 567. The van der Waals surface area contributed by atoms with Crippen LogP contribution in [0.3, 0.4) is 0 Å². The largest absolute Gasteiger partial charge is 0.316 e. The van der Waals surface area contributed by atoms with Crippen LogP contribution in [0.2, 0.25) is 0 Å². The Hall–Kier alpha value is -0.980. The van der Waals surface area contributed by atoms with Crippen LogP contribution in [-0.4, -0.2) is 26.5 Å². The molecule has 0 aromatic carbocycles. The van der Waals surface area contributed by atoms with Crippen LogP contribution in [0.25, 0.3) is 0 Å². The second-order valence-electron chi connectivity index (χ2n) is 6.61. The quantitative estimate of drug-likeness (QED) is 0.873. The zero-order valence-corrected chi connectivity index (χ0v) is 13.8. The normalized spacial score (nSPS) is 22.1. The van der Waals surface area contributed by atoms with E-state index < -0.39 is 10.0 Å². The molecular formula is C15H25N3O2S. The molecule has 1 atom stereocenters. The lowest BCUT2D eigenvalue weighted by Gasteiger charge is -2.35. The fraction of sp³-hybridized carbons (Fsp3) is 0.667. The molecule has 6 heteroatoms. The van der Waals surface area contributed by atoms with Crippen LogP contribution in [0.4, 0.5) is 0 Å². The number of nitrogens with zero attached hydrogens (tertiary/aromatic N) is 1. The van der Waals surface area contributed by atoms with Crippen LogP contribution >= 0.6 is 0 Å². The molecular weight excluding hydrogens is 286 g/mol. The van der Waals surface area contributed by atoms with Crippen molar-refractivity contribution in [3.63, 3.8) is 0 Å².